The van der Waals surface area contributed by atoms with Gasteiger partial charge in [0.05, 0.1) is 18.6 Å². The first-order valence-electron chi connectivity index (χ1n) is 8.07. The average molecular weight is 372 g/mol. The van der Waals surface area contributed by atoms with Crippen LogP contribution in [0.1, 0.15) is 17.2 Å². The molecule has 6 nitrogen and oxygen atoms in total. The molecule has 3 aromatic rings. The number of nitrogens with one attached hydrogen (secondary N) is 1. The van der Waals surface area contributed by atoms with Crippen LogP contribution in [-0.4, -0.2) is 20.5 Å². The number of oxazole rings is 1. The lowest BCUT2D eigenvalue weighted by atomic mass is 10.1. The first-order chi connectivity index (χ1) is 12.4. The van der Waals surface area contributed by atoms with Gasteiger partial charge >= 0.3 is 0 Å². The maximum atomic E-state index is 12.5. The van der Waals surface area contributed by atoms with Crippen LogP contribution in [0.5, 0.6) is 5.75 Å². The van der Waals surface area contributed by atoms with E-state index in [1.54, 1.807) is 33.1 Å². The van der Waals surface area contributed by atoms with E-state index >= 15 is 0 Å². The highest BCUT2D eigenvalue weighted by Crippen LogP contribution is 2.24. The maximum absolute atomic E-state index is 12.5. The molecule has 0 aliphatic rings. The van der Waals surface area contributed by atoms with E-state index in [2.05, 4.69) is 9.71 Å². The minimum atomic E-state index is -3.68. The molecule has 1 aromatic heterocycles. The van der Waals surface area contributed by atoms with Crippen molar-refractivity contribution in [3.8, 4) is 17.0 Å². The van der Waals surface area contributed by atoms with E-state index in [1.165, 1.54) is 6.07 Å². The molecule has 0 spiro atoms. The van der Waals surface area contributed by atoms with Crippen LogP contribution in [0.25, 0.3) is 11.3 Å². The Labute approximate surface area is 152 Å². The minimum Gasteiger partial charge on any atom is -0.496 e. The summed E-state index contributed by atoms with van der Waals surface area (Å²) >= 11 is 0. The molecular formula is C19H20N2O4S. The van der Waals surface area contributed by atoms with Crippen LogP contribution >= 0.6 is 0 Å². The standard InChI is InChI=1S/C19H20N2O4S/c1-13-11-16(9-10-17(13)24-3)26(22,23)20-12-18-21-19(14(2)25-18)15-7-5-4-6-8-15/h4-11,20H,12H2,1-3H3. The van der Waals surface area contributed by atoms with Gasteiger partial charge in [-0.1, -0.05) is 30.3 Å². The molecule has 1 N–H and O–H groups in total. The van der Waals surface area contributed by atoms with Crippen molar-refractivity contribution >= 4 is 10.0 Å². The summed E-state index contributed by atoms with van der Waals surface area (Å²) in [6.45, 7) is 3.57. The third kappa shape index (κ3) is 3.79. The van der Waals surface area contributed by atoms with E-state index in [4.69, 9.17) is 9.15 Å². The summed E-state index contributed by atoms with van der Waals surface area (Å²) in [5.74, 6) is 1.60. The number of sulfonamides is 1. The van der Waals surface area contributed by atoms with Crippen LogP contribution in [0.2, 0.25) is 0 Å². The topological polar surface area (TPSA) is 81.4 Å². The number of ether oxygens (including phenoxy) is 1. The Morgan fingerprint density at radius 2 is 1.85 bits per heavy atom. The monoisotopic (exact) mass is 372 g/mol. The van der Waals surface area contributed by atoms with E-state index in [1.807, 2.05) is 30.3 Å². The molecule has 0 amide bonds. The number of benzene rings is 2. The molecule has 7 heteroatoms. The molecule has 0 bridgehead atoms. The second-order valence-electron chi connectivity index (χ2n) is 5.83. The van der Waals surface area contributed by atoms with Crippen LogP contribution in [0.3, 0.4) is 0 Å². The second kappa shape index (κ2) is 7.31. The zero-order valence-electron chi connectivity index (χ0n) is 14.8. The molecule has 0 aliphatic heterocycles. The van der Waals surface area contributed by atoms with E-state index in [9.17, 15) is 8.42 Å². The van der Waals surface area contributed by atoms with E-state index < -0.39 is 10.0 Å². The lowest BCUT2D eigenvalue weighted by molar-refractivity contribution is 0.411. The first-order valence-corrected chi connectivity index (χ1v) is 9.55. The fourth-order valence-electron chi connectivity index (χ4n) is 2.65. The van der Waals surface area contributed by atoms with Crippen molar-refractivity contribution < 1.29 is 17.6 Å². The minimum absolute atomic E-state index is 0.0267. The quantitative estimate of drug-likeness (QED) is 0.717. The van der Waals surface area contributed by atoms with Gasteiger partial charge in [-0.15, -0.1) is 0 Å². The third-order valence-electron chi connectivity index (χ3n) is 3.98. The van der Waals surface area contributed by atoms with Gasteiger partial charge in [0.1, 0.15) is 17.2 Å². The van der Waals surface area contributed by atoms with Crippen molar-refractivity contribution in [3.63, 3.8) is 0 Å². The summed E-state index contributed by atoms with van der Waals surface area (Å²) in [5.41, 5.74) is 2.38. The summed E-state index contributed by atoms with van der Waals surface area (Å²) in [4.78, 5) is 4.58. The lowest BCUT2D eigenvalue weighted by Crippen LogP contribution is -2.23. The number of hydrogen-bond donors (Lipinski definition) is 1. The van der Waals surface area contributed by atoms with Gasteiger partial charge in [-0.2, -0.15) is 0 Å². The largest absolute Gasteiger partial charge is 0.496 e. The normalized spacial score (nSPS) is 11.5. The number of aromatic nitrogens is 1. The molecule has 0 atom stereocenters. The van der Waals surface area contributed by atoms with E-state index in [0.29, 0.717) is 23.1 Å². The van der Waals surface area contributed by atoms with Gasteiger partial charge < -0.3 is 9.15 Å². The fraction of sp³-hybridized carbons (Fsp3) is 0.211. The Balaban J connectivity index is 1.77. The number of nitrogens with zero attached hydrogens (tertiary/aromatic N) is 1. The molecule has 2 aromatic carbocycles. The van der Waals surface area contributed by atoms with Gasteiger partial charge in [0, 0.05) is 5.56 Å². The lowest BCUT2D eigenvalue weighted by Gasteiger charge is -2.08. The fourth-order valence-corrected chi connectivity index (χ4v) is 3.71. The van der Waals surface area contributed by atoms with Crippen molar-refractivity contribution in [3.05, 3.63) is 65.7 Å². The molecule has 0 saturated carbocycles. The highest BCUT2D eigenvalue weighted by molar-refractivity contribution is 7.89. The number of methoxy groups -OCH3 is 1. The summed E-state index contributed by atoms with van der Waals surface area (Å²) < 4.78 is 38.3. The summed E-state index contributed by atoms with van der Waals surface area (Å²) in [6.07, 6.45) is 0. The zero-order valence-corrected chi connectivity index (χ0v) is 15.6. The molecule has 0 saturated heterocycles. The Morgan fingerprint density at radius 1 is 1.12 bits per heavy atom. The van der Waals surface area contributed by atoms with Crippen LogP contribution in [0.4, 0.5) is 0 Å². The molecule has 1 heterocycles. The van der Waals surface area contributed by atoms with Crippen molar-refractivity contribution in [1.82, 2.24) is 9.71 Å². The Hall–Kier alpha value is -2.64. The van der Waals surface area contributed by atoms with Gasteiger partial charge in [-0.3, -0.25) is 0 Å². The molecule has 0 aliphatic carbocycles. The number of aryl methyl sites for hydroxylation is 2. The van der Waals surface area contributed by atoms with Crippen LogP contribution in [-0.2, 0) is 16.6 Å². The van der Waals surface area contributed by atoms with Gasteiger partial charge in [-0.05, 0) is 37.6 Å². The average Bonchev–Trinajstić information content (AvgIpc) is 3.01. The van der Waals surface area contributed by atoms with Crippen molar-refractivity contribution in [2.45, 2.75) is 25.3 Å². The van der Waals surface area contributed by atoms with Crippen molar-refractivity contribution in [1.29, 1.82) is 0 Å². The SMILES string of the molecule is COc1ccc(S(=O)(=O)NCc2nc(-c3ccccc3)c(C)o2)cc1C. The summed E-state index contributed by atoms with van der Waals surface area (Å²) in [5, 5.41) is 0. The molecule has 3 rings (SSSR count). The molecule has 26 heavy (non-hydrogen) atoms. The highest BCUT2D eigenvalue weighted by Gasteiger charge is 2.18. The van der Waals surface area contributed by atoms with Gasteiger partial charge in [0.15, 0.2) is 0 Å². The van der Waals surface area contributed by atoms with E-state index in [0.717, 1.165) is 11.1 Å². The predicted molar refractivity (Wildman–Crippen MR) is 98.4 cm³/mol. The molecular weight excluding hydrogens is 352 g/mol. The Bertz CT molecular complexity index is 1010. The van der Waals surface area contributed by atoms with Gasteiger partial charge in [0.25, 0.3) is 0 Å². The third-order valence-corrected chi connectivity index (χ3v) is 5.38. The number of rotatable bonds is 6. The molecule has 0 radical (unpaired) electrons. The smallest absolute Gasteiger partial charge is 0.241 e. The summed E-state index contributed by atoms with van der Waals surface area (Å²) in [7, 11) is -2.13. The van der Waals surface area contributed by atoms with Crippen LogP contribution < -0.4 is 9.46 Å². The first kappa shape index (κ1) is 18.2. The van der Waals surface area contributed by atoms with Crippen LogP contribution in [0.15, 0.2) is 57.8 Å². The maximum Gasteiger partial charge on any atom is 0.241 e. The van der Waals surface area contributed by atoms with Crippen molar-refractivity contribution in [2.75, 3.05) is 7.11 Å². The second-order valence-corrected chi connectivity index (χ2v) is 7.60. The highest BCUT2D eigenvalue weighted by atomic mass is 32.2. The van der Waals surface area contributed by atoms with Crippen LogP contribution in [0, 0.1) is 13.8 Å². The predicted octanol–water partition coefficient (Wildman–Crippen LogP) is 3.45. The zero-order chi connectivity index (χ0) is 18.7. The number of hydrogen-bond acceptors (Lipinski definition) is 5. The van der Waals surface area contributed by atoms with Gasteiger partial charge in [-0.25, -0.2) is 18.1 Å². The summed E-state index contributed by atoms with van der Waals surface area (Å²) in [6, 6.07) is 14.3. The van der Waals surface area contributed by atoms with E-state index in [-0.39, 0.29) is 11.4 Å². The molecule has 0 fully saturated rings. The van der Waals surface area contributed by atoms with Crippen molar-refractivity contribution in [2.24, 2.45) is 0 Å². The Kier molecular flexibility index (Phi) is 5.11. The van der Waals surface area contributed by atoms with Gasteiger partial charge in [0.2, 0.25) is 15.9 Å². The molecule has 136 valence electrons. The Morgan fingerprint density at radius 3 is 2.50 bits per heavy atom. The molecule has 0 unspecified atom stereocenters.